The molecule has 0 atom stereocenters. The average molecular weight is 310 g/mol. The van der Waals surface area contributed by atoms with Crippen LogP contribution in [0.4, 0.5) is 5.69 Å². The quantitative estimate of drug-likeness (QED) is 0.874. The van der Waals surface area contributed by atoms with E-state index in [1.165, 1.54) is 5.69 Å². The Balaban J connectivity index is 1.70. The van der Waals surface area contributed by atoms with Crippen molar-refractivity contribution in [1.82, 2.24) is 4.90 Å². The highest BCUT2D eigenvalue weighted by molar-refractivity contribution is 5.97. The molecule has 0 aromatic heterocycles. The summed E-state index contributed by atoms with van der Waals surface area (Å²) in [6.45, 7) is 5.15. The highest BCUT2D eigenvalue weighted by Crippen LogP contribution is 2.23. The number of amides is 1. The Labute approximate surface area is 137 Å². The molecule has 4 heteroatoms. The topological polar surface area (TPSA) is 32.8 Å². The summed E-state index contributed by atoms with van der Waals surface area (Å²) in [6.07, 6.45) is 0. The lowest BCUT2D eigenvalue weighted by molar-refractivity contribution is 0.0743. The molecular weight excluding hydrogens is 288 g/mol. The first kappa shape index (κ1) is 15.4. The van der Waals surface area contributed by atoms with E-state index in [2.05, 4.69) is 17.0 Å². The van der Waals surface area contributed by atoms with Crippen molar-refractivity contribution in [1.29, 1.82) is 0 Å². The van der Waals surface area contributed by atoms with Crippen LogP contribution in [0.3, 0.4) is 0 Å². The number of aryl methyl sites for hydroxylation is 1. The van der Waals surface area contributed by atoms with Crippen LogP contribution in [0.25, 0.3) is 0 Å². The summed E-state index contributed by atoms with van der Waals surface area (Å²) in [5.41, 5.74) is 2.94. The molecule has 3 rings (SSSR count). The number of piperazine rings is 1. The van der Waals surface area contributed by atoms with E-state index in [-0.39, 0.29) is 5.91 Å². The second kappa shape index (κ2) is 6.73. The maximum Gasteiger partial charge on any atom is 0.257 e. The van der Waals surface area contributed by atoms with Gasteiger partial charge in [-0.15, -0.1) is 0 Å². The molecule has 0 saturated carbocycles. The van der Waals surface area contributed by atoms with Gasteiger partial charge in [-0.1, -0.05) is 29.8 Å². The Hall–Kier alpha value is -2.49. The fourth-order valence-corrected chi connectivity index (χ4v) is 2.97. The Morgan fingerprint density at radius 3 is 2.35 bits per heavy atom. The van der Waals surface area contributed by atoms with Gasteiger partial charge in [0, 0.05) is 31.9 Å². The lowest BCUT2D eigenvalue weighted by Crippen LogP contribution is -2.48. The van der Waals surface area contributed by atoms with Crippen LogP contribution in [0.5, 0.6) is 5.75 Å². The minimum absolute atomic E-state index is 0.0539. The Morgan fingerprint density at radius 1 is 1.00 bits per heavy atom. The molecule has 1 amide bonds. The van der Waals surface area contributed by atoms with Crippen LogP contribution in [-0.4, -0.2) is 44.1 Å². The number of carbonyl (C=O) groups excluding carboxylic acids is 1. The van der Waals surface area contributed by atoms with Gasteiger partial charge in [0.15, 0.2) is 0 Å². The van der Waals surface area contributed by atoms with Crippen molar-refractivity contribution in [2.75, 3.05) is 38.2 Å². The van der Waals surface area contributed by atoms with Crippen LogP contribution >= 0.6 is 0 Å². The molecule has 1 saturated heterocycles. The first-order chi connectivity index (χ1) is 11.2. The van der Waals surface area contributed by atoms with Crippen molar-refractivity contribution >= 4 is 11.6 Å². The lowest BCUT2D eigenvalue weighted by Gasteiger charge is -2.36. The molecule has 4 nitrogen and oxygen atoms in total. The first-order valence-electron chi connectivity index (χ1n) is 7.93. The highest BCUT2D eigenvalue weighted by Gasteiger charge is 2.24. The van der Waals surface area contributed by atoms with Crippen LogP contribution in [0.1, 0.15) is 15.9 Å². The Bertz CT molecular complexity index is 677. The number of nitrogens with zero attached hydrogens (tertiary/aromatic N) is 2. The van der Waals surface area contributed by atoms with Gasteiger partial charge in [-0.2, -0.15) is 0 Å². The standard InChI is InChI=1S/C19H22N2O2/c1-15-8-9-18(23-2)17(14-15)19(22)21-12-10-20(11-13-21)16-6-4-3-5-7-16/h3-9,14H,10-13H2,1-2H3. The van der Waals surface area contributed by atoms with Gasteiger partial charge in [0.1, 0.15) is 5.75 Å². The van der Waals surface area contributed by atoms with Gasteiger partial charge in [-0.3, -0.25) is 4.79 Å². The van der Waals surface area contributed by atoms with Gasteiger partial charge < -0.3 is 14.5 Å². The number of hydrogen-bond acceptors (Lipinski definition) is 3. The van der Waals surface area contributed by atoms with E-state index in [1.54, 1.807) is 7.11 Å². The average Bonchev–Trinajstić information content (AvgIpc) is 2.62. The smallest absolute Gasteiger partial charge is 0.257 e. The molecular formula is C19H22N2O2. The van der Waals surface area contributed by atoms with E-state index in [1.807, 2.05) is 48.2 Å². The number of carbonyl (C=O) groups is 1. The van der Waals surface area contributed by atoms with Crippen LogP contribution in [0, 0.1) is 6.92 Å². The minimum Gasteiger partial charge on any atom is -0.496 e. The molecule has 2 aromatic carbocycles. The number of hydrogen-bond donors (Lipinski definition) is 0. The maximum absolute atomic E-state index is 12.8. The zero-order valence-electron chi connectivity index (χ0n) is 13.7. The SMILES string of the molecule is COc1ccc(C)cc1C(=O)N1CCN(c2ccccc2)CC1. The Morgan fingerprint density at radius 2 is 1.70 bits per heavy atom. The van der Waals surface area contributed by atoms with Crippen molar-refractivity contribution < 1.29 is 9.53 Å². The van der Waals surface area contributed by atoms with Crippen LogP contribution < -0.4 is 9.64 Å². The summed E-state index contributed by atoms with van der Waals surface area (Å²) < 4.78 is 5.34. The summed E-state index contributed by atoms with van der Waals surface area (Å²) in [7, 11) is 1.61. The zero-order chi connectivity index (χ0) is 16.2. The van der Waals surface area contributed by atoms with E-state index in [4.69, 9.17) is 4.74 Å². The van der Waals surface area contributed by atoms with Gasteiger partial charge in [-0.25, -0.2) is 0 Å². The van der Waals surface area contributed by atoms with E-state index < -0.39 is 0 Å². The summed E-state index contributed by atoms with van der Waals surface area (Å²) in [4.78, 5) is 17.0. The molecule has 23 heavy (non-hydrogen) atoms. The molecule has 2 aromatic rings. The van der Waals surface area contributed by atoms with Crippen LogP contribution in [0.2, 0.25) is 0 Å². The fraction of sp³-hybridized carbons (Fsp3) is 0.316. The molecule has 0 aliphatic carbocycles. The monoisotopic (exact) mass is 310 g/mol. The molecule has 1 fully saturated rings. The third-order valence-electron chi connectivity index (χ3n) is 4.27. The number of rotatable bonds is 3. The molecule has 1 aliphatic heterocycles. The fourth-order valence-electron chi connectivity index (χ4n) is 2.97. The predicted octanol–water partition coefficient (Wildman–Crippen LogP) is 2.97. The molecule has 0 unspecified atom stereocenters. The van der Waals surface area contributed by atoms with Crippen molar-refractivity contribution in [2.45, 2.75) is 6.92 Å². The number of benzene rings is 2. The Kier molecular flexibility index (Phi) is 4.51. The van der Waals surface area contributed by atoms with Crippen molar-refractivity contribution in [2.24, 2.45) is 0 Å². The van der Waals surface area contributed by atoms with Crippen molar-refractivity contribution in [3.8, 4) is 5.75 Å². The number of methoxy groups -OCH3 is 1. The molecule has 0 N–H and O–H groups in total. The second-order valence-corrected chi connectivity index (χ2v) is 5.82. The molecule has 1 aliphatic rings. The van der Waals surface area contributed by atoms with E-state index in [9.17, 15) is 4.79 Å². The number of anilines is 1. The van der Waals surface area contributed by atoms with E-state index in [0.717, 1.165) is 31.7 Å². The third kappa shape index (κ3) is 3.31. The predicted molar refractivity (Wildman–Crippen MR) is 92.3 cm³/mol. The summed E-state index contributed by atoms with van der Waals surface area (Å²) >= 11 is 0. The molecule has 120 valence electrons. The van der Waals surface area contributed by atoms with Gasteiger partial charge in [-0.05, 0) is 31.2 Å². The van der Waals surface area contributed by atoms with Gasteiger partial charge in [0.05, 0.1) is 12.7 Å². The van der Waals surface area contributed by atoms with E-state index >= 15 is 0 Å². The van der Waals surface area contributed by atoms with Gasteiger partial charge in [0.25, 0.3) is 5.91 Å². The minimum atomic E-state index is 0.0539. The highest BCUT2D eigenvalue weighted by atomic mass is 16.5. The molecule has 0 bridgehead atoms. The van der Waals surface area contributed by atoms with Gasteiger partial charge in [0.2, 0.25) is 0 Å². The third-order valence-corrected chi connectivity index (χ3v) is 4.27. The number of para-hydroxylation sites is 1. The first-order valence-corrected chi connectivity index (χ1v) is 7.93. The van der Waals surface area contributed by atoms with Crippen LogP contribution in [0.15, 0.2) is 48.5 Å². The molecule has 0 radical (unpaired) electrons. The lowest BCUT2D eigenvalue weighted by atomic mass is 10.1. The molecule has 0 spiro atoms. The largest absolute Gasteiger partial charge is 0.496 e. The zero-order valence-corrected chi connectivity index (χ0v) is 13.7. The van der Waals surface area contributed by atoms with E-state index in [0.29, 0.717) is 11.3 Å². The normalized spacial score (nSPS) is 14.7. The summed E-state index contributed by atoms with van der Waals surface area (Å²) in [5.74, 6) is 0.698. The van der Waals surface area contributed by atoms with Crippen molar-refractivity contribution in [3.63, 3.8) is 0 Å². The van der Waals surface area contributed by atoms with Crippen molar-refractivity contribution in [3.05, 3.63) is 59.7 Å². The second-order valence-electron chi connectivity index (χ2n) is 5.82. The summed E-state index contributed by atoms with van der Waals surface area (Å²) in [6, 6.07) is 16.1. The summed E-state index contributed by atoms with van der Waals surface area (Å²) in [5, 5.41) is 0. The van der Waals surface area contributed by atoms with Crippen LogP contribution in [-0.2, 0) is 0 Å². The van der Waals surface area contributed by atoms with Gasteiger partial charge >= 0.3 is 0 Å². The molecule has 1 heterocycles. The maximum atomic E-state index is 12.8. The number of ether oxygens (including phenoxy) is 1.